The predicted octanol–water partition coefficient (Wildman–Crippen LogP) is 0.0593. The number of aromatic nitrogens is 2. The Hall–Kier alpha value is -1.21. The van der Waals surface area contributed by atoms with Crippen LogP contribution in [0, 0.1) is 0 Å². The van der Waals surface area contributed by atoms with Crippen molar-refractivity contribution in [1.82, 2.24) is 15.1 Å². The van der Waals surface area contributed by atoms with Crippen LogP contribution in [-0.2, 0) is 27.6 Å². The largest absolute Gasteiger partial charge is 0.336 e. The van der Waals surface area contributed by atoms with Crippen molar-refractivity contribution in [2.45, 2.75) is 13.0 Å². The monoisotopic (exact) mass is 289 g/mol. The van der Waals surface area contributed by atoms with E-state index in [1.165, 1.54) is 4.90 Å². The summed E-state index contributed by atoms with van der Waals surface area (Å²) in [4.78, 5) is 13.2. The lowest BCUT2D eigenvalue weighted by atomic mass is 10.1. The quantitative estimate of drug-likeness (QED) is 0.769. The van der Waals surface area contributed by atoms with Gasteiger partial charge < -0.3 is 4.90 Å². The summed E-state index contributed by atoms with van der Waals surface area (Å²) < 4.78 is 22.2. The molecule has 0 aromatic carbocycles. The van der Waals surface area contributed by atoms with Crippen molar-refractivity contribution in [3.63, 3.8) is 0 Å². The molecule has 2 heterocycles. The summed E-state index contributed by atoms with van der Waals surface area (Å²) in [6.07, 6.45) is 1.66. The summed E-state index contributed by atoms with van der Waals surface area (Å²) in [5, 5.41) is 7.97. The predicted molar refractivity (Wildman–Crippen MR) is 65.9 cm³/mol. The minimum Gasteiger partial charge on any atom is -0.336 e. The van der Waals surface area contributed by atoms with Crippen molar-refractivity contribution < 1.29 is 13.2 Å². The van der Waals surface area contributed by atoms with E-state index < -0.39 is 21.5 Å². The van der Waals surface area contributed by atoms with Crippen molar-refractivity contribution >= 4 is 27.3 Å². The molecule has 0 bridgehead atoms. The van der Waals surface area contributed by atoms with Gasteiger partial charge in [0.2, 0.25) is 5.91 Å². The second kappa shape index (κ2) is 4.81. The zero-order valence-electron chi connectivity index (χ0n) is 9.76. The number of nitrogens with zero attached hydrogens (tertiary/aromatic N) is 3. The van der Waals surface area contributed by atoms with Crippen LogP contribution in [0.2, 0.25) is 5.15 Å². The number of hydrogen-bond donors (Lipinski definition) is 0. The summed E-state index contributed by atoms with van der Waals surface area (Å²) in [5.41, 5.74) is 1.63. The summed E-state index contributed by atoms with van der Waals surface area (Å²) in [5.74, 6) is -0.872. The number of hydrogen-bond acceptors (Lipinski definition) is 5. The Morgan fingerprint density at radius 2 is 2.22 bits per heavy atom. The molecule has 0 unspecified atom stereocenters. The van der Waals surface area contributed by atoms with Crippen LogP contribution >= 0.6 is 11.6 Å². The zero-order valence-corrected chi connectivity index (χ0v) is 11.3. The van der Waals surface area contributed by atoms with Crippen LogP contribution in [0.3, 0.4) is 0 Å². The van der Waals surface area contributed by atoms with Gasteiger partial charge in [-0.2, -0.15) is 5.10 Å². The highest BCUT2D eigenvalue weighted by Gasteiger charge is 2.24. The van der Waals surface area contributed by atoms with Gasteiger partial charge in [-0.05, 0) is 18.1 Å². The van der Waals surface area contributed by atoms with E-state index >= 15 is 0 Å². The first-order chi connectivity index (χ1) is 8.35. The Morgan fingerprint density at radius 1 is 1.50 bits per heavy atom. The van der Waals surface area contributed by atoms with Crippen LogP contribution < -0.4 is 0 Å². The molecule has 0 saturated heterocycles. The maximum absolute atomic E-state index is 11.8. The SMILES string of the molecule is CS(=O)(=O)CC(=O)N1CCc2cc(Cl)nnc2C1. The van der Waals surface area contributed by atoms with Crippen molar-refractivity contribution in [2.24, 2.45) is 0 Å². The summed E-state index contributed by atoms with van der Waals surface area (Å²) in [6, 6.07) is 1.72. The fourth-order valence-electron chi connectivity index (χ4n) is 1.82. The molecule has 0 saturated carbocycles. The topological polar surface area (TPSA) is 80.2 Å². The number of amides is 1. The number of rotatable bonds is 2. The molecule has 1 aliphatic heterocycles. The van der Waals surface area contributed by atoms with E-state index in [1.807, 2.05) is 0 Å². The second-order valence-corrected chi connectivity index (χ2v) is 6.80. The number of carbonyl (C=O) groups excluding carboxylic acids is 1. The highest BCUT2D eigenvalue weighted by Crippen LogP contribution is 2.18. The second-order valence-electron chi connectivity index (χ2n) is 4.27. The van der Waals surface area contributed by atoms with Gasteiger partial charge in [0, 0.05) is 12.8 Å². The molecule has 0 N–H and O–H groups in total. The lowest BCUT2D eigenvalue weighted by Gasteiger charge is -2.27. The third-order valence-electron chi connectivity index (χ3n) is 2.66. The standard InChI is InChI=1S/C10H12ClN3O3S/c1-18(16,17)6-10(15)14-3-2-7-4-9(11)13-12-8(7)5-14/h4H,2-3,5-6H2,1H3. The molecule has 0 aliphatic carbocycles. The lowest BCUT2D eigenvalue weighted by molar-refractivity contribution is -0.129. The molecule has 98 valence electrons. The Kier molecular flexibility index (Phi) is 3.54. The molecule has 8 heteroatoms. The Bertz CT molecular complexity index is 588. The lowest BCUT2D eigenvalue weighted by Crippen LogP contribution is -2.39. The van der Waals surface area contributed by atoms with Crippen molar-refractivity contribution in [1.29, 1.82) is 0 Å². The van der Waals surface area contributed by atoms with Gasteiger partial charge in [0.25, 0.3) is 0 Å². The fourth-order valence-corrected chi connectivity index (χ4v) is 2.62. The minimum absolute atomic E-state index is 0.286. The van der Waals surface area contributed by atoms with Gasteiger partial charge in [0.1, 0.15) is 5.75 Å². The van der Waals surface area contributed by atoms with E-state index in [4.69, 9.17) is 11.6 Å². The van der Waals surface area contributed by atoms with E-state index in [2.05, 4.69) is 10.2 Å². The van der Waals surface area contributed by atoms with Crippen molar-refractivity contribution in [3.05, 3.63) is 22.5 Å². The zero-order chi connectivity index (χ0) is 13.3. The van der Waals surface area contributed by atoms with Crippen LogP contribution in [0.15, 0.2) is 6.07 Å². The molecular weight excluding hydrogens is 278 g/mol. The number of sulfone groups is 1. The van der Waals surface area contributed by atoms with E-state index in [-0.39, 0.29) is 6.54 Å². The van der Waals surface area contributed by atoms with E-state index in [0.717, 1.165) is 11.8 Å². The number of halogens is 1. The van der Waals surface area contributed by atoms with E-state index in [1.54, 1.807) is 6.07 Å². The van der Waals surface area contributed by atoms with Gasteiger partial charge >= 0.3 is 0 Å². The van der Waals surface area contributed by atoms with E-state index in [9.17, 15) is 13.2 Å². The molecule has 0 spiro atoms. The molecule has 0 radical (unpaired) electrons. The molecule has 1 aromatic heterocycles. The maximum atomic E-state index is 11.8. The fraction of sp³-hybridized carbons (Fsp3) is 0.500. The van der Waals surface area contributed by atoms with Gasteiger partial charge in [0.05, 0.1) is 12.2 Å². The first-order valence-electron chi connectivity index (χ1n) is 5.31. The Morgan fingerprint density at radius 3 is 2.89 bits per heavy atom. The molecule has 2 rings (SSSR count). The molecule has 1 aromatic rings. The average Bonchev–Trinajstić information content (AvgIpc) is 2.26. The molecule has 0 atom stereocenters. The number of carbonyl (C=O) groups is 1. The van der Waals surface area contributed by atoms with E-state index in [0.29, 0.717) is 23.8 Å². The van der Waals surface area contributed by atoms with Gasteiger partial charge in [-0.1, -0.05) is 11.6 Å². The average molecular weight is 290 g/mol. The van der Waals surface area contributed by atoms with Crippen LogP contribution in [0.25, 0.3) is 0 Å². The molecule has 18 heavy (non-hydrogen) atoms. The first kappa shape index (κ1) is 13.2. The third kappa shape index (κ3) is 3.17. The van der Waals surface area contributed by atoms with Crippen LogP contribution in [0.4, 0.5) is 0 Å². The Balaban J connectivity index is 2.13. The van der Waals surface area contributed by atoms with Crippen molar-refractivity contribution in [3.8, 4) is 0 Å². The normalized spacial score (nSPS) is 15.3. The van der Waals surface area contributed by atoms with Crippen LogP contribution in [-0.4, -0.2) is 48.0 Å². The third-order valence-corrected chi connectivity index (χ3v) is 3.62. The summed E-state index contributed by atoms with van der Waals surface area (Å²) in [7, 11) is -3.31. The molecule has 1 amide bonds. The summed E-state index contributed by atoms with van der Waals surface area (Å²) in [6.45, 7) is 0.761. The van der Waals surface area contributed by atoms with Crippen LogP contribution in [0.5, 0.6) is 0 Å². The van der Waals surface area contributed by atoms with Crippen LogP contribution in [0.1, 0.15) is 11.3 Å². The van der Waals surface area contributed by atoms with Gasteiger partial charge in [0.15, 0.2) is 15.0 Å². The molecular formula is C10H12ClN3O3S. The maximum Gasteiger partial charge on any atom is 0.238 e. The minimum atomic E-state index is -3.31. The molecule has 1 aliphatic rings. The van der Waals surface area contributed by atoms with Crippen molar-refractivity contribution in [2.75, 3.05) is 18.6 Å². The highest BCUT2D eigenvalue weighted by molar-refractivity contribution is 7.91. The number of fused-ring (bicyclic) bond motifs is 1. The van der Waals surface area contributed by atoms with Gasteiger partial charge in [-0.25, -0.2) is 8.42 Å². The van der Waals surface area contributed by atoms with Gasteiger partial charge in [-0.15, -0.1) is 5.10 Å². The molecule has 6 nitrogen and oxygen atoms in total. The molecule has 0 fully saturated rings. The van der Waals surface area contributed by atoms with Gasteiger partial charge in [-0.3, -0.25) is 4.79 Å². The smallest absolute Gasteiger partial charge is 0.238 e. The highest BCUT2D eigenvalue weighted by atomic mass is 35.5. The Labute approximate surface area is 110 Å². The summed E-state index contributed by atoms with van der Waals surface area (Å²) >= 11 is 5.73. The first-order valence-corrected chi connectivity index (χ1v) is 7.75.